The number of carbonyl (C=O) groups is 1. The van der Waals surface area contributed by atoms with Crippen LogP contribution in [0.2, 0.25) is 5.02 Å². The van der Waals surface area contributed by atoms with Gasteiger partial charge in [-0.1, -0.05) is 11.6 Å². The summed E-state index contributed by atoms with van der Waals surface area (Å²) in [6.07, 6.45) is 2.90. The van der Waals surface area contributed by atoms with E-state index in [0.29, 0.717) is 5.56 Å². The van der Waals surface area contributed by atoms with Gasteiger partial charge in [0.2, 0.25) is 10.0 Å². The highest BCUT2D eigenvalue weighted by Crippen LogP contribution is 2.25. The van der Waals surface area contributed by atoms with E-state index in [4.69, 9.17) is 16.7 Å². The number of primary sulfonamides is 1. The number of nitrogens with one attached hydrogen (secondary N) is 1. The normalized spacial score (nSPS) is 11.3. The standard InChI is InChI=1S/C11H11ClN4O3S/c1-16-6-7(5-14-16)11(17)15-10-4-8(20(13,18)19)2-3-9(10)12/h2-6H,1H3,(H,15,17)(H2,13,18,19). The maximum atomic E-state index is 11.9. The largest absolute Gasteiger partial charge is 0.320 e. The van der Waals surface area contributed by atoms with Crippen molar-refractivity contribution in [2.24, 2.45) is 12.2 Å². The number of nitrogens with zero attached hydrogens (tertiary/aromatic N) is 2. The molecule has 0 radical (unpaired) electrons. The van der Waals surface area contributed by atoms with E-state index >= 15 is 0 Å². The molecule has 0 saturated carbocycles. The predicted molar refractivity (Wildman–Crippen MR) is 74.0 cm³/mol. The zero-order valence-electron chi connectivity index (χ0n) is 10.4. The molecule has 1 amide bonds. The minimum Gasteiger partial charge on any atom is -0.320 e. The van der Waals surface area contributed by atoms with Gasteiger partial charge in [0.25, 0.3) is 5.91 Å². The summed E-state index contributed by atoms with van der Waals surface area (Å²) in [5.41, 5.74) is 0.483. The zero-order chi connectivity index (χ0) is 14.9. The summed E-state index contributed by atoms with van der Waals surface area (Å²) in [4.78, 5) is 11.8. The predicted octanol–water partition coefficient (Wildman–Crippen LogP) is 0.973. The number of halogens is 1. The Hall–Kier alpha value is -1.90. The lowest BCUT2D eigenvalue weighted by Gasteiger charge is -2.07. The number of amides is 1. The fraction of sp³-hybridized carbons (Fsp3) is 0.0909. The van der Waals surface area contributed by atoms with Crippen molar-refractivity contribution in [1.82, 2.24) is 9.78 Å². The zero-order valence-corrected chi connectivity index (χ0v) is 11.9. The Balaban J connectivity index is 2.31. The summed E-state index contributed by atoms with van der Waals surface area (Å²) in [6.45, 7) is 0. The van der Waals surface area contributed by atoms with Crippen molar-refractivity contribution < 1.29 is 13.2 Å². The lowest BCUT2D eigenvalue weighted by atomic mass is 10.3. The van der Waals surface area contributed by atoms with Crippen molar-refractivity contribution in [3.8, 4) is 0 Å². The smallest absolute Gasteiger partial charge is 0.258 e. The molecule has 9 heteroatoms. The molecule has 0 aliphatic rings. The molecule has 0 atom stereocenters. The van der Waals surface area contributed by atoms with Crippen LogP contribution in [-0.4, -0.2) is 24.1 Å². The van der Waals surface area contributed by atoms with E-state index < -0.39 is 15.9 Å². The van der Waals surface area contributed by atoms with Crippen LogP contribution < -0.4 is 10.5 Å². The molecule has 0 saturated heterocycles. The van der Waals surface area contributed by atoms with E-state index in [-0.39, 0.29) is 15.6 Å². The number of hydrogen-bond acceptors (Lipinski definition) is 4. The molecule has 7 nitrogen and oxygen atoms in total. The van der Waals surface area contributed by atoms with Crippen LogP contribution in [0, 0.1) is 0 Å². The number of anilines is 1. The topological polar surface area (TPSA) is 107 Å². The second-order valence-electron chi connectivity index (χ2n) is 4.04. The van der Waals surface area contributed by atoms with Crippen molar-refractivity contribution in [2.75, 3.05) is 5.32 Å². The fourth-order valence-corrected chi connectivity index (χ4v) is 2.21. The van der Waals surface area contributed by atoms with E-state index in [2.05, 4.69) is 10.4 Å². The number of carbonyl (C=O) groups excluding carboxylic acids is 1. The summed E-state index contributed by atoms with van der Waals surface area (Å²) in [5, 5.41) is 11.6. The number of sulfonamides is 1. The van der Waals surface area contributed by atoms with Crippen LogP contribution in [0.15, 0.2) is 35.5 Å². The summed E-state index contributed by atoms with van der Waals surface area (Å²) in [6, 6.07) is 3.81. The molecule has 0 spiro atoms. The van der Waals surface area contributed by atoms with Crippen LogP contribution >= 0.6 is 11.6 Å². The summed E-state index contributed by atoms with van der Waals surface area (Å²) in [7, 11) is -2.19. The lowest BCUT2D eigenvalue weighted by Crippen LogP contribution is -2.15. The summed E-state index contributed by atoms with van der Waals surface area (Å²) < 4.78 is 24.0. The average Bonchev–Trinajstić information content (AvgIpc) is 2.77. The van der Waals surface area contributed by atoms with E-state index in [1.54, 1.807) is 7.05 Å². The first-order chi connectivity index (χ1) is 9.27. The third-order valence-corrected chi connectivity index (χ3v) is 3.72. The molecule has 0 bridgehead atoms. The van der Waals surface area contributed by atoms with E-state index in [1.165, 1.54) is 35.3 Å². The molecule has 0 aliphatic carbocycles. The lowest BCUT2D eigenvalue weighted by molar-refractivity contribution is 0.102. The summed E-state index contributed by atoms with van der Waals surface area (Å²) in [5.74, 6) is -0.452. The first-order valence-corrected chi connectivity index (χ1v) is 7.32. The second kappa shape index (κ2) is 5.23. The molecule has 2 aromatic rings. The third kappa shape index (κ3) is 3.16. The Bertz CT molecular complexity index is 770. The Morgan fingerprint density at radius 3 is 2.70 bits per heavy atom. The van der Waals surface area contributed by atoms with Gasteiger partial charge in [-0.25, -0.2) is 13.6 Å². The molecule has 0 fully saturated rings. The van der Waals surface area contributed by atoms with Gasteiger partial charge < -0.3 is 5.32 Å². The molecule has 2 rings (SSSR count). The molecular weight excluding hydrogens is 304 g/mol. The molecule has 0 aliphatic heterocycles. The van der Waals surface area contributed by atoms with Gasteiger partial charge in [-0.05, 0) is 18.2 Å². The van der Waals surface area contributed by atoms with E-state index in [0.717, 1.165) is 0 Å². The van der Waals surface area contributed by atoms with Gasteiger partial charge in [0.15, 0.2) is 0 Å². The highest BCUT2D eigenvalue weighted by molar-refractivity contribution is 7.89. The molecule has 106 valence electrons. The molecule has 1 heterocycles. The van der Waals surface area contributed by atoms with Crippen molar-refractivity contribution in [3.05, 3.63) is 41.2 Å². The molecule has 1 aromatic carbocycles. The van der Waals surface area contributed by atoms with Gasteiger partial charge in [-0.2, -0.15) is 5.10 Å². The van der Waals surface area contributed by atoms with Crippen LogP contribution in [0.1, 0.15) is 10.4 Å². The Morgan fingerprint density at radius 1 is 1.45 bits per heavy atom. The van der Waals surface area contributed by atoms with Crippen molar-refractivity contribution >= 4 is 33.2 Å². The quantitative estimate of drug-likeness (QED) is 0.880. The van der Waals surface area contributed by atoms with Crippen LogP contribution in [0.3, 0.4) is 0 Å². The molecule has 1 aromatic heterocycles. The SMILES string of the molecule is Cn1cc(C(=O)Nc2cc(S(N)(=O)=O)ccc2Cl)cn1. The summed E-state index contributed by atoms with van der Waals surface area (Å²) >= 11 is 5.91. The molecular formula is C11H11ClN4O3S. The second-order valence-corrected chi connectivity index (χ2v) is 6.01. The number of benzene rings is 1. The molecule has 3 N–H and O–H groups in total. The Morgan fingerprint density at radius 2 is 2.15 bits per heavy atom. The van der Waals surface area contributed by atoms with Crippen molar-refractivity contribution in [1.29, 1.82) is 0 Å². The Kier molecular flexibility index (Phi) is 3.80. The van der Waals surface area contributed by atoms with Gasteiger partial charge in [0, 0.05) is 13.2 Å². The number of aryl methyl sites for hydroxylation is 1. The fourth-order valence-electron chi connectivity index (χ4n) is 1.51. The molecule has 20 heavy (non-hydrogen) atoms. The first-order valence-electron chi connectivity index (χ1n) is 5.40. The van der Waals surface area contributed by atoms with Gasteiger partial charge in [-0.15, -0.1) is 0 Å². The van der Waals surface area contributed by atoms with Gasteiger partial charge in [-0.3, -0.25) is 9.48 Å². The van der Waals surface area contributed by atoms with Gasteiger partial charge in [0.1, 0.15) is 0 Å². The minimum absolute atomic E-state index is 0.136. The van der Waals surface area contributed by atoms with Crippen molar-refractivity contribution in [3.63, 3.8) is 0 Å². The highest BCUT2D eigenvalue weighted by atomic mass is 35.5. The van der Waals surface area contributed by atoms with Crippen LogP contribution in [0.25, 0.3) is 0 Å². The van der Waals surface area contributed by atoms with E-state index in [9.17, 15) is 13.2 Å². The number of nitrogens with two attached hydrogens (primary N) is 1. The monoisotopic (exact) mass is 314 g/mol. The first kappa shape index (κ1) is 14.5. The van der Waals surface area contributed by atoms with Crippen LogP contribution in [0.5, 0.6) is 0 Å². The average molecular weight is 315 g/mol. The number of rotatable bonds is 3. The van der Waals surface area contributed by atoms with Crippen LogP contribution in [-0.2, 0) is 17.1 Å². The highest BCUT2D eigenvalue weighted by Gasteiger charge is 2.14. The number of hydrogen-bond donors (Lipinski definition) is 2. The molecule has 0 unspecified atom stereocenters. The Labute approximate surface area is 120 Å². The van der Waals surface area contributed by atoms with Crippen molar-refractivity contribution in [2.45, 2.75) is 4.90 Å². The maximum absolute atomic E-state index is 11.9. The number of aromatic nitrogens is 2. The van der Waals surface area contributed by atoms with Gasteiger partial charge >= 0.3 is 0 Å². The third-order valence-electron chi connectivity index (χ3n) is 2.48. The minimum atomic E-state index is -3.86. The maximum Gasteiger partial charge on any atom is 0.258 e. The van der Waals surface area contributed by atoms with Crippen LogP contribution in [0.4, 0.5) is 5.69 Å². The van der Waals surface area contributed by atoms with E-state index in [1.807, 2.05) is 0 Å². The van der Waals surface area contributed by atoms with Gasteiger partial charge in [0.05, 0.1) is 27.4 Å².